The third-order valence-corrected chi connectivity index (χ3v) is 26.4. The van der Waals surface area contributed by atoms with Gasteiger partial charge in [-0.05, 0) is 116 Å². The fourth-order valence-electron chi connectivity index (χ4n) is 16.5. The number of amides is 10. The number of hydrogen-bond donors (Lipinski definition) is 21. The lowest BCUT2D eigenvalue weighted by molar-refractivity contribution is -0.689. The number of phenolic OH excluding ortho intramolecular Hbond substituents is 3. The third-order valence-electron chi connectivity index (χ3n) is 23.4. The highest BCUT2D eigenvalue weighted by Gasteiger charge is 2.55. The van der Waals surface area contributed by atoms with E-state index in [-0.39, 0.29) is 75.2 Å². The predicted molar refractivity (Wildman–Crippen MR) is 477 cm³/mol. The number of aliphatic carboxylic acids is 1. The van der Waals surface area contributed by atoms with Gasteiger partial charge in [0.15, 0.2) is 53.7 Å². The molecule has 24 N–H and O–H groups in total. The number of likely N-dealkylation sites (N-methyl/N-ethyl adjacent to an activating group) is 1. The number of rotatable bonds is 24. The van der Waals surface area contributed by atoms with Crippen molar-refractivity contribution in [2.24, 2.45) is 22.5 Å². The highest BCUT2D eigenvalue weighted by molar-refractivity contribution is 8.00. The molecule has 3 saturated heterocycles. The van der Waals surface area contributed by atoms with Crippen LogP contribution in [0.25, 0.3) is 11.1 Å². The SMILES string of the molecule is CN[C@H](CC(C)C)C(=O)NC1C(=O)N[C@@H](CC(N)=O)C(=O)NC2C(=O)N[C@H]3C(=O)N[C@H](C(=O)N[C@H](C(=O)NCCCO/N=C(/C(=O)N[C@@H]4C(=O)N5C(C(=O)[O-])=C(C[n+]6ccccc6)CS[C@H]45)c4nc(N)sc4Cl)c4cc(O)cc(O)c4-c4cc3ccc4O)[C@H](O)c3ccc(c(Cl)c3)Oc3cc2cc(c3O[C@@H]2O[C@H](CO)[C@@H](O)[C@H](O)[C@H]2O[C@H]2C[C@](C)(N)[C@H](O)[C@H](C)O2)Oc2ccc(cc2Cl)[C@H]1O. The lowest BCUT2D eigenvalue weighted by Gasteiger charge is -2.50. The summed E-state index contributed by atoms with van der Waals surface area (Å²) in [4.78, 5) is 173. The molecule has 0 aliphatic carbocycles. The first kappa shape index (κ1) is 99.6. The van der Waals surface area contributed by atoms with E-state index in [0.29, 0.717) is 5.57 Å². The highest BCUT2D eigenvalue weighted by atomic mass is 35.5. The van der Waals surface area contributed by atoms with Crippen LogP contribution in [0.3, 0.4) is 0 Å². The number of aliphatic hydroxyl groups excluding tert-OH is 6. The number of nitrogens with one attached hydrogen (secondary N) is 9. The number of aromatic hydroxyl groups is 3. The summed E-state index contributed by atoms with van der Waals surface area (Å²) in [7, 11) is 1.46. The number of ether oxygens (including phenoxy) is 6. The van der Waals surface area contributed by atoms with Gasteiger partial charge in [-0.2, -0.15) is 0 Å². The maximum atomic E-state index is 16.4. The van der Waals surface area contributed by atoms with E-state index in [1.807, 2.05) is 0 Å². The number of oxime groups is 1. The van der Waals surface area contributed by atoms with Crippen LogP contribution in [0.4, 0.5) is 5.13 Å². The van der Waals surface area contributed by atoms with E-state index in [1.165, 1.54) is 44.8 Å². The molecule has 5 aromatic carbocycles. The number of carboxylic acids is 1. The monoisotopic (exact) mass is 1980 g/mol. The van der Waals surface area contributed by atoms with E-state index in [2.05, 4.69) is 58.0 Å². The summed E-state index contributed by atoms with van der Waals surface area (Å²) in [5, 5.41) is 144. The molecule has 2 unspecified atom stereocenters. The number of halogens is 3. The fourth-order valence-corrected chi connectivity index (χ4v) is 19.2. The maximum absolute atomic E-state index is 16.4. The van der Waals surface area contributed by atoms with Crippen molar-refractivity contribution >= 4 is 134 Å². The third kappa shape index (κ3) is 21.4. The summed E-state index contributed by atoms with van der Waals surface area (Å²) in [6, 6.07) is 2.92. The highest BCUT2D eigenvalue weighted by Crippen LogP contribution is 2.51. The van der Waals surface area contributed by atoms with Crippen LogP contribution >= 0.6 is 57.9 Å². The van der Waals surface area contributed by atoms with Crippen LogP contribution < -0.4 is 88.9 Å². The standard InChI is InChI=1S/C87H95Cl3N16O28S2/c1-33(2)20-45(94-5)74(117)100-62-66(112)36-11-14-49(43(88)22-36)130-51-24-38-25-52(70(51)134-85-71(69(115)68(114)53(31-107)132-85)133-55-29-87(4,93)72(116)34(3)129-55)131-50-15-12-37(23-44(50)89)67(113)63-81(124)99-59(42-26-40(108)27-48(110)56(42)41-21-35(10-13-47(41)109)57(77(120)101-63)98-78(121)58(38)97-75(118)46(28-54(91)111)96-80(62)123)76(119)95-16-9-19-128-104-61(60-73(90)136-86(92)103-60)79(122)102-64-82(125)106-65(84(126)127)39(32-135-83(64)106)30-105-17-7-6-8-18-105/h6-8,10-15,17-18,21-27,33-34,45-46,53,55,57-59,62-64,66-69,71-72,83,85,94,107,112-116H,9,16,19-20,28-32,93H2,1-5H3,(H15-,91,92,95,96,97,98,99,100,101,102,103,104,108,109,110,111,117,118,119,120,121,122,123,124,126,127)/t34-,45+,46-,53+,55-,57+,58?,59-,62?,63-,64+,66+,67+,68+,69-,71+,72+,83+,85-,87-/m0/s1. The number of nitrogens with two attached hydrogens (primary N) is 3. The Hall–Kier alpha value is -12.4. The van der Waals surface area contributed by atoms with Crippen molar-refractivity contribution in [1.82, 2.24) is 57.7 Å². The topological polar surface area (TPSA) is 676 Å². The van der Waals surface area contributed by atoms with Crippen molar-refractivity contribution in [1.29, 1.82) is 0 Å². The lowest BCUT2D eigenvalue weighted by atomic mass is 9.86. The Morgan fingerprint density at radius 2 is 1.42 bits per heavy atom. The summed E-state index contributed by atoms with van der Waals surface area (Å²) in [5.74, 6) is -19.2. The number of nitrogen functional groups attached to an aromatic ring is 1. The van der Waals surface area contributed by atoms with E-state index in [4.69, 9.17) is 85.3 Å². The number of thiazole rings is 1. The number of aromatic nitrogens is 2. The van der Waals surface area contributed by atoms with Crippen LogP contribution in [0.15, 0.2) is 126 Å². The van der Waals surface area contributed by atoms with Gasteiger partial charge in [0.1, 0.15) is 124 Å². The number of pyridine rings is 1. The molecule has 11 heterocycles. The van der Waals surface area contributed by atoms with Crippen LogP contribution in [0, 0.1) is 5.92 Å². The molecule has 0 saturated carbocycles. The summed E-state index contributed by atoms with van der Waals surface area (Å²) >= 11 is 22.8. The Kier molecular flexibility index (Phi) is 30.5. The van der Waals surface area contributed by atoms with E-state index in [0.717, 1.165) is 83.0 Å². The van der Waals surface area contributed by atoms with Crippen molar-refractivity contribution in [3.63, 3.8) is 0 Å². The molecule has 7 aromatic rings. The quantitative estimate of drug-likeness (QED) is 0.0114. The molecule has 0 spiro atoms. The fraction of sp³-hybridized carbons (Fsp3) is 0.402. The Morgan fingerprint density at radius 1 is 0.765 bits per heavy atom. The zero-order chi connectivity index (χ0) is 98.1. The van der Waals surface area contributed by atoms with Crippen molar-refractivity contribution < 1.29 is 142 Å². The van der Waals surface area contributed by atoms with E-state index >= 15 is 28.8 Å². The van der Waals surface area contributed by atoms with Crippen LogP contribution in [0.5, 0.6) is 46.0 Å². The van der Waals surface area contributed by atoms with Crippen LogP contribution in [-0.4, -0.2) is 249 Å². The van der Waals surface area contributed by atoms with E-state index < -0.39 is 296 Å². The van der Waals surface area contributed by atoms with Gasteiger partial charge in [0.05, 0.1) is 53.0 Å². The van der Waals surface area contributed by atoms with Crippen molar-refractivity contribution in [3.05, 3.63) is 169 Å². The number of fused-ring (bicyclic) bond motifs is 16. The van der Waals surface area contributed by atoms with Crippen molar-refractivity contribution in [2.45, 2.75) is 181 Å². The normalized spacial score (nSPS) is 27.1. The van der Waals surface area contributed by atoms with Crippen LogP contribution in [0.1, 0.15) is 117 Å². The number of nitrogens with zero attached hydrogens (tertiary/aromatic N) is 4. The van der Waals surface area contributed by atoms with Gasteiger partial charge in [0.2, 0.25) is 59.3 Å². The lowest BCUT2D eigenvalue weighted by Crippen LogP contribution is -2.71. The average Bonchev–Trinajstić information content (AvgIpc) is 0.767. The molecule has 3 fully saturated rings. The predicted octanol–water partition coefficient (Wildman–Crippen LogP) is -0.968. The molecule has 20 atom stereocenters. The van der Waals surface area contributed by atoms with Crippen LogP contribution in [-0.2, 0) is 78.3 Å². The first-order chi connectivity index (χ1) is 64.6. The summed E-state index contributed by atoms with van der Waals surface area (Å²) in [5.41, 5.74) is 13.1. The smallest absolute Gasteiger partial charge is 0.276 e. The molecule has 16 rings (SSSR count). The molecular formula is C87H95Cl3N16O28S2. The van der Waals surface area contributed by atoms with Crippen molar-refractivity contribution in [2.75, 3.05) is 38.3 Å². The number of carboxylic acid groups (broad SMARTS) is 1. The molecule has 11 bridgehead atoms. The minimum atomic E-state index is -2.41. The van der Waals surface area contributed by atoms with Gasteiger partial charge in [-0.25, -0.2) is 9.55 Å². The number of primary amides is 1. The molecule has 136 heavy (non-hydrogen) atoms. The number of carbonyl (C=O) groups is 11. The first-order valence-corrected chi connectivity index (χ1v) is 45.4. The van der Waals surface area contributed by atoms with Gasteiger partial charge in [-0.15, -0.1) is 11.8 Å². The molecule has 44 nitrogen and oxygen atoms in total. The van der Waals surface area contributed by atoms with Crippen LogP contribution in [0.2, 0.25) is 14.4 Å². The molecular weight excluding hydrogens is 1890 g/mol. The van der Waals surface area contributed by atoms with Crippen molar-refractivity contribution in [3.8, 4) is 57.1 Å². The summed E-state index contributed by atoms with van der Waals surface area (Å²) in [6.07, 6.45) is -15.9. The second kappa shape index (κ2) is 41.7. The van der Waals surface area contributed by atoms with Gasteiger partial charge >= 0.3 is 0 Å². The van der Waals surface area contributed by atoms with Gasteiger partial charge in [0, 0.05) is 65.6 Å². The number of thioether (sulfide) groups is 1. The minimum Gasteiger partial charge on any atom is -0.543 e. The second-order valence-corrected chi connectivity index (χ2v) is 37.2. The Bertz CT molecular complexity index is 5920. The number of anilines is 1. The second-order valence-electron chi connectivity index (χ2n) is 33.6. The zero-order valence-electron chi connectivity index (χ0n) is 72.6. The number of benzene rings is 5. The van der Waals surface area contributed by atoms with E-state index in [9.17, 15) is 75.0 Å². The first-order valence-electron chi connectivity index (χ1n) is 42.4. The molecule has 724 valence electrons. The van der Waals surface area contributed by atoms with Gasteiger partial charge in [-0.1, -0.05) is 89.4 Å². The number of hydrogen-bond acceptors (Lipinski definition) is 35. The molecule has 0 radical (unpaired) electrons. The Balaban J connectivity index is 0.849. The Labute approximate surface area is 795 Å². The molecule has 49 heteroatoms. The number of carbonyl (C=O) groups excluding carboxylic acids is 11. The number of aliphatic hydroxyl groups is 6. The minimum absolute atomic E-state index is 0.107. The summed E-state index contributed by atoms with van der Waals surface area (Å²) in [6.45, 7) is 4.79. The molecule has 2 aromatic heterocycles. The largest absolute Gasteiger partial charge is 0.543 e. The average molecular weight is 1980 g/mol. The van der Waals surface area contributed by atoms with E-state index in [1.54, 1.807) is 49.0 Å². The Morgan fingerprint density at radius 3 is 2.04 bits per heavy atom. The number of β-lactam (4-membered cyclic amide) rings is 1. The maximum Gasteiger partial charge on any atom is 0.276 e. The zero-order valence-corrected chi connectivity index (χ0v) is 76.5. The number of phenols is 3. The van der Waals surface area contributed by atoms with Gasteiger partial charge in [0.25, 0.3) is 11.8 Å². The van der Waals surface area contributed by atoms with Gasteiger partial charge < -0.3 is 154 Å². The molecule has 9 aliphatic rings. The summed E-state index contributed by atoms with van der Waals surface area (Å²) < 4.78 is 40.3. The van der Waals surface area contributed by atoms with Gasteiger partial charge in [-0.3, -0.25) is 52.8 Å². The molecule has 10 amide bonds. The molecule has 9 aliphatic heterocycles.